The van der Waals surface area contributed by atoms with Gasteiger partial charge in [0.1, 0.15) is 0 Å². The summed E-state index contributed by atoms with van der Waals surface area (Å²) in [5, 5.41) is 9.02. The number of carboxylic acid groups (broad SMARTS) is 1. The molecule has 1 N–H and O–H groups in total. The van der Waals surface area contributed by atoms with E-state index in [9.17, 15) is 4.79 Å². The highest BCUT2D eigenvalue weighted by Crippen LogP contribution is 2.40. The lowest BCUT2D eigenvalue weighted by molar-refractivity contribution is -0.141. The van der Waals surface area contributed by atoms with Crippen molar-refractivity contribution in [1.82, 2.24) is 0 Å². The minimum atomic E-state index is -0.607. The summed E-state index contributed by atoms with van der Waals surface area (Å²) in [6.45, 7) is 0. The largest absolute Gasteiger partial charge is 0.481 e. The zero-order chi connectivity index (χ0) is 12.5. The first-order chi connectivity index (χ1) is 8.72. The van der Waals surface area contributed by atoms with E-state index in [0.29, 0.717) is 5.92 Å². The molecule has 0 unspecified atom stereocenters. The predicted octanol–water partition coefficient (Wildman–Crippen LogP) is 3.61. The number of rotatable bonds is 4. The lowest BCUT2D eigenvalue weighted by Gasteiger charge is -2.10. The molecule has 2 heteroatoms. The van der Waals surface area contributed by atoms with Crippen LogP contribution in [0.25, 0.3) is 0 Å². The molecule has 0 bridgehead atoms. The van der Waals surface area contributed by atoms with Gasteiger partial charge in [-0.3, -0.25) is 4.79 Å². The fraction of sp³-hybridized carbons (Fsp3) is 0.562. The zero-order valence-corrected chi connectivity index (χ0v) is 10.6. The molecule has 0 saturated heterocycles. The Hall–Kier alpha value is -1.31. The average Bonchev–Trinajstić information content (AvgIpc) is 3.10. The molecule has 0 radical (unpaired) electrons. The number of hydrogen-bond donors (Lipinski definition) is 1. The molecule has 2 aliphatic rings. The molecule has 0 amide bonds. The Kier molecular flexibility index (Phi) is 3.11. The Balaban J connectivity index is 1.62. The Bertz CT molecular complexity index is 448. The van der Waals surface area contributed by atoms with Crippen LogP contribution in [0.4, 0.5) is 0 Å². The fourth-order valence-corrected chi connectivity index (χ4v) is 3.21. The van der Waals surface area contributed by atoms with Gasteiger partial charge in [0.25, 0.3) is 0 Å². The molecule has 1 aromatic rings. The molecular formula is C16H20O2. The first-order valence-corrected chi connectivity index (χ1v) is 7.04. The highest BCUT2D eigenvalue weighted by atomic mass is 16.4. The number of hydrogen-bond acceptors (Lipinski definition) is 1. The maximum atomic E-state index is 11.0. The third-order valence-corrected chi connectivity index (χ3v) is 4.41. The molecular weight excluding hydrogens is 224 g/mol. The summed E-state index contributed by atoms with van der Waals surface area (Å²) in [5.41, 5.74) is 2.88. The summed E-state index contributed by atoms with van der Waals surface area (Å²) in [7, 11) is 0. The highest BCUT2D eigenvalue weighted by Gasteiger charge is 2.30. The van der Waals surface area contributed by atoms with Crippen LogP contribution in [0.3, 0.4) is 0 Å². The number of benzene rings is 1. The van der Waals surface area contributed by atoms with Crippen LogP contribution in [0.1, 0.15) is 49.1 Å². The lowest BCUT2D eigenvalue weighted by atomic mass is 9.95. The predicted molar refractivity (Wildman–Crippen MR) is 70.6 cm³/mol. The van der Waals surface area contributed by atoms with Gasteiger partial charge in [-0.2, -0.15) is 0 Å². The van der Waals surface area contributed by atoms with E-state index >= 15 is 0 Å². The topological polar surface area (TPSA) is 37.3 Å². The molecule has 1 aromatic carbocycles. The van der Waals surface area contributed by atoms with E-state index in [0.717, 1.165) is 31.6 Å². The Morgan fingerprint density at radius 3 is 2.72 bits per heavy atom. The molecule has 2 aliphatic carbocycles. The van der Waals surface area contributed by atoms with Crippen LogP contribution in [0.2, 0.25) is 0 Å². The summed E-state index contributed by atoms with van der Waals surface area (Å²) in [5.74, 6) is 0.673. The molecule has 0 aromatic heterocycles. The van der Waals surface area contributed by atoms with E-state index in [4.69, 9.17) is 5.11 Å². The maximum Gasteiger partial charge on any atom is 0.306 e. The van der Waals surface area contributed by atoms with E-state index < -0.39 is 5.97 Å². The minimum absolute atomic E-state index is 0.0957. The summed E-state index contributed by atoms with van der Waals surface area (Å²) in [4.78, 5) is 11.0. The SMILES string of the molecule is O=C(O)[C@@H]1CC[C@@H](Cc2cccc(C3CC3)c2)C1. The van der Waals surface area contributed by atoms with Gasteiger partial charge in [0, 0.05) is 0 Å². The number of aliphatic carboxylic acids is 1. The smallest absolute Gasteiger partial charge is 0.306 e. The quantitative estimate of drug-likeness (QED) is 0.878. The van der Waals surface area contributed by atoms with E-state index in [1.807, 2.05) is 0 Å². The Labute approximate surface area is 108 Å². The van der Waals surface area contributed by atoms with Crippen LogP contribution in [0.5, 0.6) is 0 Å². The second-order valence-corrected chi connectivity index (χ2v) is 5.94. The van der Waals surface area contributed by atoms with Crippen molar-refractivity contribution < 1.29 is 9.90 Å². The molecule has 3 rings (SSSR count). The summed E-state index contributed by atoms with van der Waals surface area (Å²) in [6, 6.07) is 8.92. The monoisotopic (exact) mass is 244 g/mol. The Morgan fingerprint density at radius 2 is 2.06 bits per heavy atom. The van der Waals surface area contributed by atoms with Gasteiger partial charge in [0.05, 0.1) is 5.92 Å². The molecule has 0 heterocycles. The van der Waals surface area contributed by atoms with Crippen molar-refractivity contribution in [2.24, 2.45) is 11.8 Å². The molecule has 2 atom stereocenters. The molecule has 2 fully saturated rings. The standard InChI is InChI=1S/C16H20O2/c17-16(18)15-5-4-12(10-15)8-11-2-1-3-14(9-11)13-6-7-13/h1-3,9,12-13,15H,4-8,10H2,(H,17,18)/t12-,15+/m0/s1. The maximum absolute atomic E-state index is 11.0. The normalized spacial score (nSPS) is 27.3. The highest BCUT2D eigenvalue weighted by molar-refractivity contribution is 5.70. The van der Waals surface area contributed by atoms with Gasteiger partial charge in [-0.15, -0.1) is 0 Å². The fourth-order valence-electron chi connectivity index (χ4n) is 3.21. The van der Waals surface area contributed by atoms with Gasteiger partial charge in [-0.05, 0) is 61.5 Å². The molecule has 2 nitrogen and oxygen atoms in total. The third-order valence-electron chi connectivity index (χ3n) is 4.41. The van der Waals surface area contributed by atoms with E-state index in [1.165, 1.54) is 24.0 Å². The van der Waals surface area contributed by atoms with Crippen molar-refractivity contribution in [2.45, 2.75) is 44.4 Å². The van der Waals surface area contributed by atoms with Crippen LogP contribution in [-0.4, -0.2) is 11.1 Å². The van der Waals surface area contributed by atoms with Gasteiger partial charge < -0.3 is 5.11 Å². The molecule has 18 heavy (non-hydrogen) atoms. The minimum Gasteiger partial charge on any atom is -0.481 e. The summed E-state index contributed by atoms with van der Waals surface area (Å²) >= 11 is 0. The van der Waals surface area contributed by atoms with Crippen molar-refractivity contribution in [1.29, 1.82) is 0 Å². The van der Waals surface area contributed by atoms with Crippen molar-refractivity contribution >= 4 is 5.97 Å². The van der Waals surface area contributed by atoms with E-state index in [-0.39, 0.29) is 5.92 Å². The zero-order valence-electron chi connectivity index (χ0n) is 10.6. The van der Waals surface area contributed by atoms with Gasteiger partial charge in [-0.25, -0.2) is 0 Å². The molecule has 0 spiro atoms. The number of carboxylic acids is 1. The van der Waals surface area contributed by atoms with Crippen LogP contribution in [0.15, 0.2) is 24.3 Å². The lowest BCUT2D eigenvalue weighted by Crippen LogP contribution is -2.10. The second-order valence-electron chi connectivity index (χ2n) is 5.94. The van der Waals surface area contributed by atoms with Crippen LogP contribution < -0.4 is 0 Å². The van der Waals surface area contributed by atoms with E-state index in [1.54, 1.807) is 0 Å². The summed E-state index contributed by atoms with van der Waals surface area (Å²) in [6.07, 6.45) is 6.54. The second kappa shape index (κ2) is 4.75. The van der Waals surface area contributed by atoms with Crippen molar-refractivity contribution in [3.05, 3.63) is 35.4 Å². The first-order valence-electron chi connectivity index (χ1n) is 7.04. The van der Waals surface area contributed by atoms with Crippen molar-refractivity contribution in [3.8, 4) is 0 Å². The number of carbonyl (C=O) groups is 1. The molecule has 0 aliphatic heterocycles. The Morgan fingerprint density at radius 1 is 1.22 bits per heavy atom. The average molecular weight is 244 g/mol. The van der Waals surface area contributed by atoms with Crippen molar-refractivity contribution in [3.63, 3.8) is 0 Å². The van der Waals surface area contributed by atoms with Crippen LogP contribution in [-0.2, 0) is 11.2 Å². The van der Waals surface area contributed by atoms with Crippen molar-refractivity contribution in [2.75, 3.05) is 0 Å². The van der Waals surface area contributed by atoms with Crippen LogP contribution >= 0.6 is 0 Å². The van der Waals surface area contributed by atoms with E-state index in [2.05, 4.69) is 24.3 Å². The van der Waals surface area contributed by atoms with Gasteiger partial charge in [-0.1, -0.05) is 24.3 Å². The molecule has 2 saturated carbocycles. The molecule has 96 valence electrons. The van der Waals surface area contributed by atoms with Gasteiger partial charge >= 0.3 is 5.97 Å². The first kappa shape index (κ1) is 11.8. The summed E-state index contributed by atoms with van der Waals surface area (Å²) < 4.78 is 0. The van der Waals surface area contributed by atoms with Crippen LogP contribution in [0, 0.1) is 11.8 Å². The van der Waals surface area contributed by atoms with Gasteiger partial charge in [0.15, 0.2) is 0 Å². The van der Waals surface area contributed by atoms with Gasteiger partial charge in [0.2, 0.25) is 0 Å². The third kappa shape index (κ3) is 2.58.